The Hall–Kier alpha value is -1.12. The lowest BCUT2D eigenvalue weighted by molar-refractivity contribution is -0.132. The lowest BCUT2D eigenvalue weighted by atomic mass is 9.47. The molecule has 0 amide bonds. The van der Waals surface area contributed by atoms with Gasteiger partial charge in [0.05, 0.1) is 5.71 Å². The summed E-state index contributed by atoms with van der Waals surface area (Å²) in [5, 5.41) is 4.60. The number of Topliss-reactive ketones (excluding diaryl/α,β-unsaturated/α-hetero) is 1. The molecule has 0 aromatic carbocycles. The van der Waals surface area contributed by atoms with Crippen molar-refractivity contribution in [3.05, 3.63) is 11.6 Å². The van der Waals surface area contributed by atoms with Crippen molar-refractivity contribution < 1.29 is 9.63 Å². The fourth-order valence-electron chi connectivity index (χ4n) is 7.73. The zero-order chi connectivity index (χ0) is 19.4. The monoisotopic (exact) mass is 383 g/mol. The second kappa shape index (κ2) is 6.99. The summed E-state index contributed by atoms with van der Waals surface area (Å²) >= 11 is 0. The molecule has 0 aromatic rings. The fraction of sp³-hybridized carbons (Fsp3) is 0.840. The molecule has 3 nitrogen and oxygen atoms in total. The Balaban J connectivity index is 1.33. The maximum absolute atomic E-state index is 12.6. The molecule has 3 unspecified atom stereocenters. The van der Waals surface area contributed by atoms with Crippen molar-refractivity contribution in [2.75, 3.05) is 0 Å². The molecule has 0 saturated heterocycles. The number of ketones is 1. The minimum atomic E-state index is -0.00609. The Kier molecular flexibility index (Phi) is 4.71. The topological polar surface area (TPSA) is 38.7 Å². The molecule has 0 spiro atoms. The Morgan fingerprint density at radius 3 is 2.50 bits per heavy atom. The van der Waals surface area contributed by atoms with E-state index >= 15 is 0 Å². The maximum Gasteiger partial charge on any atom is 0.139 e. The van der Waals surface area contributed by atoms with Crippen LogP contribution in [-0.4, -0.2) is 17.6 Å². The largest absolute Gasteiger partial charge is 0.392 e. The summed E-state index contributed by atoms with van der Waals surface area (Å²) in [5.41, 5.74) is 3.11. The van der Waals surface area contributed by atoms with E-state index in [0.717, 1.165) is 37.5 Å². The Bertz CT molecular complexity index is 703. The fourth-order valence-corrected chi connectivity index (χ4v) is 7.73. The minimum absolute atomic E-state index is 0.00609. The summed E-state index contributed by atoms with van der Waals surface area (Å²) in [6.07, 6.45) is 18.1. The summed E-state index contributed by atoms with van der Waals surface area (Å²) in [5.74, 6) is 2.71. The average molecular weight is 384 g/mol. The number of carbonyl (C=O) groups excluding carboxylic acids is 1. The van der Waals surface area contributed by atoms with Gasteiger partial charge in [0.15, 0.2) is 0 Å². The molecule has 0 bridgehead atoms. The molecule has 0 heterocycles. The molecule has 5 aliphatic rings. The molecule has 3 heteroatoms. The molecule has 5 aliphatic carbocycles. The van der Waals surface area contributed by atoms with E-state index in [1.54, 1.807) is 5.57 Å². The van der Waals surface area contributed by atoms with E-state index in [1.165, 1.54) is 63.5 Å². The van der Waals surface area contributed by atoms with Gasteiger partial charge in [-0.15, -0.1) is 0 Å². The lowest BCUT2D eigenvalue weighted by Gasteiger charge is -2.57. The van der Waals surface area contributed by atoms with Gasteiger partial charge < -0.3 is 4.84 Å². The number of nitrogens with zero attached hydrogens (tertiary/aromatic N) is 1. The van der Waals surface area contributed by atoms with Crippen molar-refractivity contribution in [2.24, 2.45) is 33.7 Å². The molecule has 5 atom stereocenters. The number of hydrogen-bond acceptors (Lipinski definition) is 3. The Morgan fingerprint density at radius 2 is 1.68 bits per heavy atom. The molecular weight excluding hydrogens is 346 g/mol. The van der Waals surface area contributed by atoms with Crippen LogP contribution in [0.5, 0.6) is 0 Å². The molecule has 0 aromatic heterocycles. The highest BCUT2D eigenvalue weighted by Gasteiger charge is 2.58. The van der Waals surface area contributed by atoms with Crippen LogP contribution in [0.25, 0.3) is 0 Å². The molecule has 28 heavy (non-hydrogen) atoms. The van der Waals surface area contributed by atoms with Crippen LogP contribution in [0.1, 0.15) is 97.3 Å². The third kappa shape index (κ3) is 2.91. The van der Waals surface area contributed by atoms with Gasteiger partial charge >= 0.3 is 0 Å². The first-order valence-corrected chi connectivity index (χ1v) is 12.0. The molecule has 0 aliphatic heterocycles. The third-order valence-corrected chi connectivity index (χ3v) is 9.56. The second-order valence-corrected chi connectivity index (χ2v) is 10.9. The number of hydrogen-bond donors (Lipinski definition) is 0. The van der Waals surface area contributed by atoms with E-state index in [2.05, 4.69) is 25.1 Å². The predicted molar refractivity (Wildman–Crippen MR) is 112 cm³/mol. The van der Waals surface area contributed by atoms with Crippen LogP contribution in [0.15, 0.2) is 16.8 Å². The van der Waals surface area contributed by atoms with E-state index in [1.807, 2.05) is 0 Å². The van der Waals surface area contributed by atoms with Gasteiger partial charge in [-0.2, -0.15) is 0 Å². The Morgan fingerprint density at radius 1 is 0.893 bits per heavy atom. The van der Waals surface area contributed by atoms with Crippen LogP contribution in [0, 0.1) is 28.6 Å². The van der Waals surface area contributed by atoms with Crippen molar-refractivity contribution in [1.29, 1.82) is 0 Å². The highest BCUT2D eigenvalue weighted by molar-refractivity contribution is 5.96. The summed E-state index contributed by atoms with van der Waals surface area (Å²) < 4.78 is 0. The Labute approximate surface area is 170 Å². The van der Waals surface area contributed by atoms with Gasteiger partial charge in [0.2, 0.25) is 0 Å². The number of fused-ring (bicyclic) bond motifs is 5. The highest BCUT2D eigenvalue weighted by atomic mass is 16.6. The van der Waals surface area contributed by atoms with Crippen LogP contribution in [-0.2, 0) is 9.63 Å². The number of rotatable bonds is 2. The van der Waals surface area contributed by atoms with Gasteiger partial charge in [0.25, 0.3) is 0 Å². The van der Waals surface area contributed by atoms with E-state index < -0.39 is 0 Å². The van der Waals surface area contributed by atoms with Crippen molar-refractivity contribution >= 4 is 11.5 Å². The van der Waals surface area contributed by atoms with Crippen LogP contribution >= 0.6 is 0 Å². The molecular formula is C25H37NO2. The zero-order valence-electron chi connectivity index (χ0n) is 17.8. The van der Waals surface area contributed by atoms with Gasteiger partial charge in [-0.25, -0.2) is 0 Å². The standard InChI is InChI=1S/C25H37NO2/c1-24-14-12-18(26-28-19-6-4-3-5-7-19)16-17(24)8-9-20-21-10-11-23(27)25(21,2)15-13-22(20)24/h16,19-22H,3-15H2,1-2H3/t20?,21?,22?,24-,25-/m0/s1. The SMILES string of the molecule is C[C@]12CCC(=NOC3CCCCC3)C=C1CCC1C2CC[C@]2(C)C(=O)CCC12. The van der Waals surface area contributed by atoms with Gasteiger partial charge in [0, 0.05) is 11.8 Å². The van der Waals surface area contributed by atoms with E-state index in [9.17, 15) is 4.79 Å². The van der Waals surface area contributed by atoms with E-state index in [0.29, 0.717) is 23.2 Å². The van der Waals surface area contributed by atoms with E-state index in [4.69, 9.17) is 4.84 Å². The van der Waals surface area contributed by atoms with E-state index in [-0.39, 0.29) is 5.41 Å². The average Bonchev–Trinajstić information content (AvgIpc) is 3.02. The van der Waals surface area contributed by atoms with Gasteiger partial charge in [-0.05, 0) is 99.9 Å². The first kappa shape index (κ1) is 18.9. The molecule has 4 fully saturated rings. The van der Waals surface area contributed by atoms with Crippen LogP contribution in [0.4, 0.5) is 0 Å². The zero-order valence-corrected chi connectivity index (χ0v) is 17.8. The van der Waals surface area contributed by atoms with Crippen LogP contribution in [0.2, 0.25) is 0 Å². The van der Waals surface area contributed by atoms with Crippen molar-refractivity contribution in [3.63, 3.8) is 0 Å². The quantitative estimate of drug-likeness (QED) is 0.531. The lowest BCUT2D eigenvalue weighted by Crippen LogP contribution is -2.50. The first-order valence-electron chi connectivity index (χ1n) is 12.0. The van der Waals surface area contributed by atoms with Crippen molar-refractivity contribution in [1.82, 2.24) is 0 Å². The second-order valence-electron chi connectivity index (χ2n) is 10.9. The predicted octanol–water partition coefficient (Wildman–Crippen LogP) is 6.22. The molecule has 5 rings (SSSR count). The molecule has 0 N–H and O–H groups in total. The first-order chi connectivity index (χ1) is 13.5. The van der Waals surface area contributed by atoms with Crippen molar-refractivity contribution in [2.45, 2.75) is 103 Å². The maximum atomic E-state index is 12.6. The summed E-state index contributed by atoms with van der Waals surface area (Å²) in [6, 6.07) is 0. The summed E-state index contributed by atoms with van der Waals surface area (Å²) in [6.45, 7) is 4.80. The van der Waals surface area contributed by atoms with Gasteiger partial charge in [-0.3, -0.25) is 4.79 Å². The van der Waals surface area contributed by atoms with Crippen LogP contribution in [0.3, 0.4) is 0 Å². The number of carbonyl (C=O) groups is 1. The number of oxime groups is 1. The third-order valence-electron chi connectivity index (χ3n) is 9.56. The summed E-state index contributed by atoms with van der Waals surface area (Å²) in [4.78, 5) is 18.5. The highest BCUT2D eigenvalue weighted by Crippen LogP contribution is 2.64. The van der Waals surface area contributed by atoms with Gasteiger partial charge in [-0.1, -0.05) is 31.0 Å². The van der Waals surface area contributed by atoms with Crippen molar-refractivity contribution in [3.8, 4) is 0 Å². The van der Waals surface area contributed by atoms with Gasteiger partial charge in [0.1, 0.15) is 11.9 Å². The molecule has 4 saturated carbocycles. The summed E-state index contributed by atoms with van der Waals surface area (Å²) in [7, 11) is 0. The number of allylic oxidation sites excluding steroid dienone is 2. The van der Waals surface area contributed by atoms with Crippen LogP contribution < -0.4 is 0 Å². The molecule has 0 radical (unpaired) electrons. The normalized spacial score (nSPS) is 45.2. The molecule has 154 valence electrons. The minimum Gasteiger partial charge on any atom is -0.392 e. The smallest absolute Gasteiger partial charge is 0.139 e.